The van der Waals surface area contributed by atoms with E-state index in [0.29, 0.717) is 29.4 Å². The number of carbonyl (C=O) groups excluding carboxylic acids is 1. The monoisotopic (exact) mass is 554 g/mol. The van der Waals surface area contributed by atoms with Crippen LogP contribution in [0.1, 0.15) is 16.7 Å². The largest absolute Gasteiger partial charge is 0.493 e. The minimum absolute atomic E-state index is 0.0113. The first-order chi connectivity index (χ1) is 15.4. The standard InChI is InChI=1S/C25H20Br2N2O3/c1-16-5-3-4-6-22(16)29-25(30)19(14-28)11-17-7-10-23(24(12-17)31-2)32-15-18-8-9-20(26)13-21(18)27/h3-13H,15H2,1-2H3,(H,29,30)/b19-11-. The van der Waals surface area contributed by atoms with E-state index < -0.39 is 5.91 Å². The number of hydrogen-bond donors (Lipinski definition) is 1. The maximum Gasteiger partial charge on any atom is 0.266 e. The molecule has 0 atom stereocenters. The van der Waals surface area contributed by atoms with Crippen LogP contribution in [0.5, 0.6) is 11.5 Å². The SMILES string of the molecule is COc1cc(/C=C(/C#N)C(=O)Nc2ccccc2C)ccc1OCc1ccc(Br)cc1Br. The van der Waals surface area contributed by atoms with Gasteiger partial charge in [0.1, 0.15) is 18.2 Å². The molecule has 3 aromatic carbocycles. The molecule has 0 radical (unpaired) electrons. The van der Waals surface area contributed by atoms with Gasteiger partial charge in [0.15, 0.2) is 11.5 Å². The van der Waals surface area contributed by atoms with Gasteiger partial charge in [-0.25, -0.2) is 0 Å². The van der Waals surface area contributed by atoms with Crippen LogP contribution in [0.15, 0.2) is 75.2 Å². The molecule has 0 aliphatic carbocycles. The van der Waals surface area contributed by atoms with Gasteiger partial charge in [-0.3, -0.25) is 4.79 Å². The van der Waals surface area contributed by atoms with Crippen molar-refractivity contribution >= 4 is 49.5 Å². The van der Waals surface area contributed by atoms with Crippen molar-refractivity contribution in [2.24, 2.45) is 0 Å². The zero-order valence-electron chi connectivity index (χ0n) is 17.5. The van der Waals surface area contributed by atoms with Crippen LogP contribution < -0.4 is 14.8 Å². The minimum atomic E-state index is -0.471. The average molecular weight is 556 g/mol. The summed E-state index contributed by atoms with van der Waals surface area (Å²) in [6.45, 7) is 2.24. The van der Waals surface area contributed by atoms with E-state index in [1.165, 1.54) is 6.08 Å². The lowest BCUT2D eigenvalue weighted by Gasteiger charge is -2.13. The molecule has 1 N–H and O–H groups in total. The van der Waals surface area contributed by atoms with Gasteiger partial charge in [-0.2, -0.15) is 5.26 Å². The second-order valence-corrected chi connectivity index (χ2v) is 8.64. The number of anilines is 1. The number of aryl methyl sites for hydroxylation is 1. The Morgan fingerprint density at radius 3 is 2.56 bits per heavy atom. The van der Waals surface area contributed by atoms with Crippen molar-refractivity contribution in [3.05, 3.63) is 91.9 Å². The molecule has 7 heteroatoms. The molecule has 0 bridgehead atoms. The zero-order chi connectivity index (χ0) is 23.1. The molecule has 0 unspecified atom stereocenters. The van der Waals surface area contributed by atoms with Gasteiger partial charge in [0.2, 0.25) is 0 Å². The second kappa shape index (κ2) is 11.0. The number of para-hydroxylation sites is 1. The van der Waals surface area contributed by atoms with Gasteiger partial charge >= 0.3 is 0 Å². The number of hydrogen-bond acceptors (Lipinski definition) is 4. The summed E-state index contributed by atoms with van der Waals surface area (Å²) in [5.74, 6) is 0.590. The molecule has 5 nitrogen and oxygen atoms in total. The lowest BCUT2D eigenvalue weighted by atomic mass is 10.1. The van der Waals surface area contributed by atoms with Crippen LogP contribution in [0.2, 0.25) is 0 Å². The van der Waals surface area contributed by atoms with E-state index in [4.69, 9.17) is 9.47 Å². The third-order valence-electron chi connectivity index (χ3n) is 4.66. The molecule has 162 valence electrons. The lowest BCUT2D eigenvalue weighted by Crippen LogP contribution is -2.14. The van der Waals surface area contributed by atoms with Crippen LogP contribution in [0.25, 0.3) is 6.08 Å². The first-order valence-electron chi connectivity index (χ1n) is 9.65. The van der Waals surface area contributed by atoms with Crippen LogP contribution in [-0.4, -0.2) is 13.0 Å². The molecule has 0 fully saturated rings. The number of amides is 1. The molecule has 0 aliphatic heterocycles. The van der Waals surface area contributed by atoms with Crippen LogP contribution in [0.3, 0.4) is 0 Å². The highest BCUT2D eigenvalue weighted by Gasteiger charge is 2.12. The number of carbonyl (C=O) groups is 1. The van der Waals surface area contributed by atoms with Crippen molar-refractivity contribution in [3.8, 4) is 17.6 Å². The molecular weight excluding hydrogens is 536 g/mol. The van der Waals surface area contributed by atoms with Crippen molar-refractivity contribution in [2.45, 2.75) is 13.5 Å². The van der Waals surface area contributed by atoms with Crippen LogP contribution in [0.4, 0.5) is 5.69 Å². The number of rotatable bonds is 7. The number of nitrogens with one attached hydrogen (secondary N) is 1. The minimum Gasteiger partial charge on any atom is -0.493 e. The smallest absolute Gasteiger partial charge is 0.266 e. The Morgan fingerprint density at radius 2 is 1.88 bits per heavy atom. The van der Waals surface area contributed by atoms with Gasteiger partial charge in [0.25, 0.3) is 5.91 Å². The molecular formula is C25H20Br2N2O3. The number of nitrogens with zero attached hydrogens (tertiary/aromatic N) is 1. The third kappa shape index (κ3) is 6.00. The molecule has 0 saturated heterocycles. The van der Waals surface area contributed by atoms with E-state index in [1.54, 1.807) is 31.4 Å². The first kappa shape index (κ1) is 23.6. The number of ether oxygens (including phenoxy) is 2. The van der Waals surface area contributed by atoms with Crippen molar-refractivity contribution in [3.63, 3.8) is 0 Å². The molecule has 0 heterocycles. The van der Waals surface area contributed by atoms with E-state index in [0.717, 1.165) is 20.1 Å². The van der Waals surface area contributed by atoms with Crippen molar-refractivity contribution in [1.29, 1.82) is 5.26 Å². The fourth-order valence-electron chi connectivity index (χ4n) is 2.91. The molecule has 3 rings (SSSR count). The Morgan fingerprint density at radius 1 is 1.09 bits per heavy atom. The van der Waals surface area contributed by atoms with E-state index in [-0.39, 0.29) is 5.57 Å². The van der Waals surface area contributed by atoms with Crippen LogP contribution in [0, 0.1) is 18.3 Å². The quantitative estimate of drug-likeness (QED) is 0.261. The summed E-state index contributed by atoms with van der Waals surface area (Å²) in [5.41, 5.74) is 3.20. The van der Waals surface area contributed by atoms with E-state index in [9.17, 15) is 10.1 Å². The number of methoxy groups -OCH3 is 1. The maximum atomic E-state index is 12.6. The normalized spacial score (nSPS) is 10.9. The van der Waals surface area contributed by atoms with Gasteiger partial charge < -0.3 is 14.8 Å². The average Bonchev–Trinajstić information content (AvgIpc) is 2.78. The molecule has 0 aliphatic rings. The molecule has 1 amide bonds. The van der Waals surface area contributed by atoms with Gasteiger partial charge in [0, 0.05) is 20.2 Å². The number of nitriles is 1. The molecule has 0 aromatic heterocycles. The van der Waals surface area contributed by atoms with Gasteiger partial charge in [-0.05, 0) is 54.5 Å². The summed E-state index contributed by atoms with van der Waals surface area (Å²) >= 11 is 6.96. The molecule has 0 saturated carbocycles. The molecule has 3 aromatic rings. The summed E-state index contributed by atoms with van der Waals surface area (Å²) in [5, 5.41) is 12.3. The van der Waals surface area contributed by atoms with Crippen LogP contribution >= 0.6 is 31.9 Å². The van der Waals surface area contributed by atoms with Crippen molar-refractivity contribution in [1.82, 2.24) is 0 Å². The van der Waals surface area contributed by atoms with E-state index >= 15 is 0 Å². The topological polar surface area (TPSA) is 71.3 Å². The first-order valence-corrected chi connectivity index (χ1v) is 11.2. The lowest BCUT2D eigenvalue weighted by molar-refractivity contribution is -0.112. The predicted octanol–water partition coefficient (Wildman–Crippen LogP) is 6.65. The van der Waals surface area contributed by atoms with Gasteiger partial charge in [0.05, 0.1) is 7.11 Å². The van der Waals surface area contributed by atoms with Crippen LogP contribution in [-0.2, 0) is 11.4 Å². The maximum absolute atomic E-state index is 12.6. The highest BCUT2D eigenvalue weighted by molar-refractivity contribution is 9.11. The molecule has 32 heavy (non-hydrogen) atoms. The summed E-state index contributed by atoms with van der Waals surface area (Å²) in [7, 11) is 1.54. The summed E-state index contributed by atoms with van der Waals surface area (Å²) in [6, 6.07) is 20.5. The highest BCUT2D eigenvalue weighted by Crippen LogP contribution is 2.31. The highest BCUT2D eigenvalue weighted by atomic mass is 79.9. The van der Waals surface area contributed by atoms with Crippen molar-refractivity contribution in [2.75, 3.05) is 12.4 Å². The third-order valence-corrected chi connectivity index (χ3v) is 5.89. The Bertz CT molecular complexity index is 1220. The second-order valence-electron chi connectivity index (χ2n) is 6.87. The van der Waals surface area contributed by atoms with E-state index in [2.05, 4.69) is 37.2 Å². The molecule has 0 spiro atoms. The predicted molar refractivity (Wildman–Crippen MR) is 133 cm³/mol. The summed E-state index contributed by atoms with van der Waals surface area (Å²) < 4.78 is 13.3. The Balaban J connectivity index is 1.77. The Kier molecular flexibility index (Phi) is 8.09. The fraction of sp³-hybridized carbons (Fsp3) is 0.120. The summed E-state index contributed by atoms with van der Waals surface area (Å²) in [4.78, 5) is 12.6. The Labute approximate surface area is 203 Å². The van der Waals surface area contributed by atoms with Crippen molar-refractivity contribution < 1.29 is 14.3 Å². The van der Waals surface area contributed by atoms with Gasteiger partial charge in [-0.1, -0.05) is 62.2 Å². The van der Waals surface area contributed by atoms with Gasteiger partial charge in [-0.15, -0.1) is 0 Å². The zero-order valence-corrected chi connectivity index (χ0v) is 20.7. The number of halogens is 2. The fourth-order valence-corrected chi connectivity index (χ4v) is 4.07. The van der Waals surface area contributed by atoms with E-state index in [1.807, 2.05) is 49.4 Å². The number of benzene rings is 3. The Hall–Kier alpha value is -3.08. The summed E-state index contributed by atoms with van der Waals surface area (Å²) in [6.07, 6.45) is 1.52.